The summed E-state index contributed by atoms with van der Waals surface area (Å²) in [5.41, 5.74) is 2.72. The summed E-state index contributed by atoms with van der Waals surface area (Å²) < 4.78 is 0. The van der Waals surface area contributed by atoms with Gasteiger partial charge in [-0.2, -0.15) is 0 Å². The number of aliphatic hydroxyl groups excluding tert-OH is 1. The van der Waals surface area contributed by atoms with Crippen molar-refractivity contribution in [2.45, 2.75) is 44.4 Å². The summed E-state index contributed by atoms with van der Waals surface area (Å²) in [6.45, 7) is 2.02. The molecule has 2 fully saturated rings. The molecule has 0 saturated heterocycles. The van der Waals surface area contributed by atoms with Crippen LogP contribution >= 0.6 is 0 Å². The number of rotatable bonds is 6. The van der Waals surface area contributed by atoms with Crippen molar-refractivity contribution in [2.75, 3.05) is 18.5 Å². The maximum atomic E-state index is 9.38. The minimum atomic E-state index is -0.0508. The molecule has 2 N–H and O–H groups in total. The Balaban J connectivity index is 1.60. The smallest absolute Gasteiger partial charge is 0.0546 e. The molecule has 104 valence electrons. The summed E-state index contributed by atoms with van der Waals surface area (Å²) >= 11 is 0. The Kier molecular flexibility index (Phi) is 3.76. The largest absolute Gasteiger partial charge is 0.393 e. The Hall–Kier alpha value is -1.06. The minimum Gasteiger partial charge on any atom is -0.393 e. The molecule has 0 aromatic heterocycles. The summed E-state index contributed by atoms with van der Waals surface area (Å²) in [6.07, 6.45) is 4.54. The lowest BCUT2D eigenvalue weighted by Gasteiger charge is -2.35. The van der Waals surface area contributed by atoms with Gasteiger partial charge >= 0.3 is 0 Å². The van der Waals surface area contributed by atoms with Gasteiger partial charge in [-0.3, -0.25) is 0 Å². The van der Waals surface area contributed by atoms with Gasteiger partial charge in [-0.25, -0.2) is 0 Å². The number of hydrogen-bond donors (Lipinski definition) is 2. The van der Waals surface area contributed by atoms with Crippen molar-refractivity contribution in [3.05, 3.63) is 29.8 Å². The number of nitrogens with one attached hydrogen (secondary N) is 1. The molecular weight excluding hydrogens is 236 g/mol. The van der Waals surface area contributed by atoms with Crippen molar-refractivity contribution in [3.63, 3.8) is 0 Å². The first-order chi connectivity index (χ1) is 9.22. The molecule has 3 rings (SSSR count). The number of aliphatic hydroxyl groups is 1. The molecule has 19 heavy (non-hydrogen) atoms. The fourth-order valence-electron chi connectivity index (χ4n) is 2.91. The van der Waals surface area contributed by atoms with Crippen LogP contribution in [0.1, 0.15) is 31.2 Å². The molecule has 0 atom stereocenters. The first kappa shape index (κ1) is 12.9. The number of para-hydroxylation sites is 1. The van der Waals surface area contributed by atoms with E-state index in [1.165, 1.54) is 24.1 Å². The SMILES string of the molecule is CN(CC1CC(O)C1)c1ccccc1CNC1CC1. The number of hydrogen-bond acceptors (Lipinski definition) is 3. The van der Waals surface area contributed by atoms with Crippen LogP contribution in [0, 0.1) is 5.92 Å². The molecule has 3 nitrogen and oxygen atoms in total. The second kappa shape index (κ2) is 5.51. The highest BCUT2D eigenvalue weighted by atomic mass is 16.3. The molecule has 0 bridgehead atoms. The van der Waals surface area contributed by atoms with Crippen LogP contribution < -0.4 is 10.2 Å². The summed E-state index contributed by atoms with van der Waals surface area (Å²) in [4.78, 5) is 2.35. The van der Waals surface area contributed by atoms with Gasteiger partial charge in [0.2, 0.25) is 0 Å². The van der Waals surface area contributed by atoms with E-state index in [-0.39, 0.29) is 6.10 Å². The monoisotopic (exact) mass is 260 g/mol. The van der Waals surface area contributed by atoms with E-state index in [1.807, 2.05) is 0 Å². The standard InChI is InChI=1S/C16H24N2O/c1-18(11-12-8-15(19)9-12)16-5-3-2-4-13(16)10-17-14-6-7-14/h2-5,12,14-15,17,19H,6-11H2,1H3. The van der Waals surface area contributed by atoms with Crippen LogP contribution in [0.4, 0.5) is 5.69 Å². The van der Waals surface area contributed by atoms with Gasteiger partial charge in [0.25, 0.3) is 0 Å². The first-order valence-corrected chi connectivity index (χ1v) is 7.43. The van der Waals surface area contributed by atoms with Crippen LogP contribution in [0.2, 0.25) is 0 Å². The Morgan fingerprint density at radius 3 is 2.68 bits per heavy atom. The minimum absolute atomic E-state index is 0.0508. The van der Waals surface area contributed by atoms with Crippen LogP contribution in [0.3, 0.4) is 0 Å². The highest BCUT2D eigenvalue weighted by molar-refractivity contribution is 5.53. The maximum absolute atomic E-state index is 9.38. The molecule has 2 aliphatic rings. The topological polar surface area (TPSA) is 35.5 Å². The van der Waals surface area contributed by atoms with Gasteiger partial charge in [0.15, 0.2) is 0 Å². The van der Waals surface area contributed by atoms with Gasteiger partial charge in [-0.15, -0.1) is 0 Å². The van der Waals surface area contributed by atoms with Gasteiger partial charge in [0.1, 0.15) is 0 Å². The molecule has 1 aromatic carbocycles. The molecule has 2 saturated carbocycles. The third kappa shape index (κ3) is 3.28. The zero-order valence-corrected chi connectivity index (χ0v) is 11.7. The third-order valence-corrected chi connectivity index (χ3v) is 4.30. The molecule has 2 aliphatic carbocycles. The fourth-order valence-corrected chi connectivity index (χ4v) is 2.91. The number of anilines is 1. The number of benzene rings is 1. The molecule has 1 aromatic rings. The maximum Gasteiger partial charge on any atom is 0.0546 e. The van der Waals surface area contributed by atoms with Crippen molar-refractivity contribution in [1.82, 2.24) is 5.32 Å². The van der Waals surface area contributed by atoms with E-state index in [1.54, 1.807) is 0 Å². The van der Waals surface area contributed by atoms with Gasteiger partial charge < -0.3 is 15.3 Å². The Morgan fingerprint density at radius 2 is 2.00 bits per heavy atom. The molecule has 0 unspecified atom stereocenters. The normalized spacial score (nSPS) is 26.0. The molecule has 0 radical (unpaired) electrons. The van der Waals surface area contributed by atoms with Crippen molar-refractivity contribution in [1.29, 1.82) is 0 Å². The lowest BCUT2D eigenvalue weighted by atomic mass is 9.82. The van der Waals surface area contributed by atoms with E-state index in [2.05, 4.69) is 41.5 Å². The molecule has 3 heteroatoms. The van der Waals surface area contributed by atoms with Gasteiger partial charge in [0.05, 0.1) is 6.10 Å². The second-order valence-electron chi connectivity index (χ2n) is 6.16. The van der Waals surface area contributed by atoms with Crippen LogP contribution in [-0.4, -0.2) is 30.8 Å². The van der Waals surface area contributed by atoms with E-state index in [9.17, 15) is 5.11 Å². The van der Waals surface area contributed by atoms with Crippen LogP contribution in [0.25, 0.3) is 0 Å². The van der Waals surface area contributed by atoms with Crippen molar-refractivity contribution < 1.29 is 5.11 Å². The Morgan fingerprint density at radius 1 is 1.26 bits per heavy atom. The predicted octanol–water partition coefficient (Wildman–Crippen LogP) is 2.15. The number of nitrogens with zero attached hydrogens (tertiary/aromatic N) is 1. The zero-order valence-electron chi connectivity index (χ0n) is 11.7. The first-order valence-electron chi connectivity index (χ1n) is 7.43. The van der Waals surface area contributed by atoms with Gasteiger partial charge in [-0.05, 0) is 43.2 Å². The average molecular weight is 260 g/mol. The molecule has 0 heterocycles. The van der Waals surface area contributed by atoms with E-state index in [4.69, 9.17) is 0 Å². The summed E-state index contributed by atoms with van der Waals surface area (Å²) in [5, 5.41) is 13.0. The van der Waals surface area contributed by atoms with Crippen molar-refractivity contribution in [3.8, 4) is 0 Å². The van der Waals surface area contributed by atoms with Crippen LogP contribution in [0.15, 0.2) is 24.3 Å². The Bertz CT molecular complexity index is 425. The third-order valence-electron chi connectivity index (χ3n) is 4.30. The zero-order chi connectivity index (χ0) is 13.2. The van der Waals surface area contributed by atoms with Crippen LogP contribution in [-0.2, 0) is 6.54 Å². The van der Waals surface area contributed by atoms with Crippen molar-refractivity contribution in [2.24, 2.45) is 5.92 Å². The van der Waals surface area contributed by atoms with Crippen molar-refractivity contribution >= 4 is 5.69 Å². The average Bonchev–Trinajstić information content (AvgIpc) is 3.19. The fraction of sp³-hybridized carbons (Fsp3) is 0.625. The highest BCUT2D eigenvalue weighted by Gasteiger charge is 2.28. The summed E-state index contributed by atoms with van der Waals surface area (Å²) in [6, 6.07) is 9.41. The summed E-state index contributed by atoms with van der Waals surface area (Å²) in [7, 11) is 2.17. The quantitative estimate of drug-likeness (QED) is 0.822. The van der Waals surface area contributed by atoms with E-state index in [0.717, 1.165) is 32.0 Å². The highest BCUT2D eigenvalue weighted by Crippen LogP contribution is 2.30. The van der Waals surface area contributed by atoms with Gasteiger partial charge in [-0.1, -0.05) is 18.2 Å². The van der Waals surface area contributed by atoms with Gasteiger partial charge in [0, 0.05) is 31.9 Å². The second-order valence-corrected chi connectivity index (χ2v) is 6.16. The molecule has 0 spiro atoms. The van der Waals surface area contributed by atoms with E-state index in [0.29, 0.717) is 5.92 Å². The molecular formula is C16H24N2O. The molecule has 0 aliphatic heterocycles. The van der Waals surface area contributed by atoms with Crippen LogP contribution in [0.5, 0.6) is 0 Å². The summed E-state index contributed by atoms with van der Waals surface area (Å²) in [5.74, 6) is 0.657. The Labute approximate surface area is 115 Å². The molecule has 0 amide bonds. The van der Waals surface area contributed by atoms with E-state index < -0.39 is 0 Å². The van der Waals surface area contributed by atoms with E-state index >= 15 is 0 Å². The lowest BCUT2D eigenvalue weighted by Crippen LogP contribution is -2.37. The lowest BCUT2D eigenvalue weighted by molar-refractivity contribution is 0.0464. The predicted molar refractivity (Wildman–Crippen MR) is 78.3 cm³/mol.